The molecule has 2 amide bonds. The zero-order chi connectivity index (χ0) is 19.5. The van der Waals surface area contributed by atoms with Crippen LogP contribution in [-0.4, -0.2) is 47.8 Å². The first-order valence-electron chi connectivity index (χ1n) is 9.41. The number of furan rings is 1. The molecule has 1 aromatic heterocycles. The molecule has 0 aliphatic carbocycles. The van der Waals surface area contributed by atoms with Crippen LogP contribution < -0.4 is 0 Å². The van der Waals surface area contributed by atoms with Crippen LogP contribution in [0.15, 0.2) is 71.3 Å². The van der Waals surface area contributed by atoms with Crippen molar-refractivity contribution in [2.24, 2.45) is 0 Å². The van der Waals surface area contributed by atoms with E-state index in [1.54, 1.807) is 16.1 Å². The zero-order valence-corrected chi connectivity index (χ0v) is 15.8. The first kappa shape index (κ1) is 18.0. The number of carbonyl (C=O) groups excluding carboxylic acids is 2. The Bertz CT molecular complexity index is 969. The van der Waals surface area contributed by atoms with E-state index in [-0.39, 0.29) is 11.8 Å². The third kappa shape index (κ3) is 3.56. The van der Waals surface area contributed by atoms with Crippen LogP contribution in [0.2, 0.25) is 0 Å². The summed E-state index contributed by atoms with van der Waals surface area (Å²) in [6.45, 7) is 4.01. The summed E-state index contributed by atoms with van der Waals surface area (Å²) in [5.41, 5.74) is 3.55. The lowest BCUT2D eigenvalue weighted by Gasteiger charge is -2.34. The molecule has 0 bridgehead atoms. The number of amides is 2. The summed E-state index contributed by atoms with van der Waals surface area (Å²) < 4.78 is 5.52. The van der Waals surface area contributed by atoms with Crippen molar-refractivity contribution < 1.29 is 14.0 Å². The smallest absolute Gasteiger partial charge is 0.290 e. The van der Waals surface area contributed by atoms with Crippen molar-refractivity contribution >= 4 is 11.8 Å². The van der Waals surface area contributed by atoms with Crippen molar-refractivity contribution in [3.05, 3.63) is 83.8 Å². The van der Waals surface area contributed by atoms with Gasteiger partial charge in [-0.15, -0.1) is 0 Å². The molecule has 1 aliphatic rings. The Hall–Kier alpha value is -3.34. The number of hydrogen-bond donors (Lipinski definition) is 0. The number of benzene rings is 2. The van der Waals surface area contributed by atoms with Gasteiger partial charge >= 0.3 is 0 Å². The maximum Gasteiger partial charge on any atom is 0.290 e. The fourth-order valence-corrected chi connectivity index (χ4v) is 3.45. The van der Waals surface area contributed by atoms with E-state index in [2.05, 4.69) is 0 Å². The fourth-order valence-electron chi connectivity index (χ4n) is 3.45. The van der Waals surface area contributed by atoms with Gasteiger partial charge in [-0.1, -0.05) is 48.0 Å². The first-order valence-corrected chi connectivity index (χ1v) is 9.41. The van der Waals surface area contributed by atoms with E-state index in [0.29, 0.717) is 37.5 Å². The van der Waals surface area contributed by atoms with Crippen LogP contribution in [0, 0.1) is 6.92 Å². The molecule has 0 saturated carbocycles. The average Bonchev–Trinajstić information content (AvgIpc) is 3.24. The highest BCUT2D eigenvalue weighted by Crippen LogP contribution is 2.26. The van der Waals surface area contributed by atoms with Crippen LogP contribution in [0.1, 0.15) is 26.5 Å². The number of nitrogens with zero attached hydrogens (tertiary/aromatic N) is 2. The molecule has 0 atom stereocenters. The molecule has 1 fully saturated rings. The molecule has 1 saturated heterocycles. The summed E-state index contributed by atoms with van der Waals surface area (Å²) in [7, 11) is 0. The maximum absolute atomic E-state index is 13.0. The number of piperazine rings is 1. The van der Waals surface area contributed by atoms with Crippen molar-refractivity contribution in [3.8, 4) is 11.1 Å². The van der Waals surface area contributed by atoms with E-state index in [0.717, 1.165) is 16.7 Å². The highest BCUT2D eigenvalue weighted by molar-refractivity contribution is 5.98. The van der Waals surface area contributed by atoms with Gasteiger partial charge in [0, 0.05) is 37.3 Å². The van der Waals surface area contributed by atoms with Gasteiger partial charge in [0.1, 0.15) is 0 Å². The molecule has 0 N–H and O–H groups in total. The van der Waals surface area contributed by atoms with Crippen molar-refractivity contribution in [3.63, 3.8) is 0 Å². The quantitative estimate of drug-likeness (QED) is 0.700. The molecule has 0 unspecified atom stereocenters. The topological polar surface area (TPSA) is 53.8 Å². The van der Waals surface area contributed by atoms with Crippen molar-refractivity contribution in [2.45, 2.75) is 6.92 Å². The lowest BCUT2D eigenvalue weighted by atomic mass is 10.1. The van der Waals surface area contributed by atoms with Crippen LogP contribution in [-0.2, 0) is 0 Å². The normalized spacial score (nSPS) is 14.2. The standard InChI is InChI=1S/C23H22N2O3/c1-17-7-9-19(10-8-17)22(26)24-12-14-25(15-13-24)23(27)21-20(11-16-28-21)18-5-3-2-4-6-18/h2-11,16H,12-15H2,1H3. The molecule has 1 aliphatic heterocycles. The molecule has 5 nitrogen and oxygen atoms in total. The van der Waals surface area contributed by atoms with Crippen LogP contribution in [0.25, 0.3) is 11.1 Å². The van der Waals surface area contributed by atoms with Crippen LogP contribution >= 0.6 is 0 Å². The van der Waals surface area contributed by atoms with Gasteiger partial charge in [-0.25, -0.2) is 0 Å². The molecule has 4 rings (SSSR count). The second kappa shape index (κ2) is 7.72. The Morgan fingerprint density at radius 1 is 0.786 bits per heavy atom. The largest absolute Gasteiger partial charge is 0.459 e. The third-order valence-electron chi connectivity index (χ3n) is 5.10. The van der Waals surface area contributed by atoms with E-state index in [1.807, 2.05) is 67.6 Å². The number of carbonyl (C=O) groups is 2. The summed E-state index contributed by atoms with van der Waals surface area (Å²) in [5, 5.41) is 0. The molecule has 2 aromatic carbocycles. The van der Waals surface area contributed by atoms with Crippen molar-refractivity contribution in [1.29, 1.82) is 0 Å². The van der Waals surface area contributed by atoms with Crippen molar-refractivity contribution in [2.75, 3.05) is 26.2 Å². The van der Waals surface area contributed by atoms with E-state index in [9.17, 15) is 9.59 Å². The summed E-state index contributed by atoms with van der Waals surface area (Å²) in [6.07, 6.45) is 1.55. The van der Waals surface area contributed by atoms with Gasteiger partial charge in [0.15, 0.2) is 5.76 Å². The molecular formula is C23H22N2O3. The van der Waals surface area contributed by atoms with Gasteiger partial charge in [-0.05, 0) is 30.7 Å². The fraction of sp³-hybridized carbons (Fsp3) is 0.217. The monoisotopic (exact) mass is 374 g/mol. The van der Waals surface area contributed by atoms with Gasteiger partial charge in [0.25, 0.3) is 11.8 Å². The minimum atomic E-state index is -0.133. The molecule has 28 heavy (non-hydrogen) atoms. The van der Waals surface area contributed by atoms with Crippen molar-refractivity contribution in [1.82, 2.24) is 9.80 Å². The SMILES string of the molecule is Cc1ccc(C(=O)N2CCN(C(=O)c3occc3-c3ccccc3)CC2)cc1. The van der Waals surface area contributed by atoms with E-state index in [1.165, 1.54) is 0 Å². The summed E-state index contributed by atoms with van der Waals surface area (Å²) in [5.74, 6) is 0.228. The Balaban J connectivity index is 1.43. The third-order valence-corrected chi connectivity index (χ3v) is 5.10. The second-order valence-electron chi connectivity index (χ2n) is 6.98. The predicted octanol–water partition coefficient (Wildman–Crippen LogP) is 3.85. The predicted molar refractivity (Wildman–Crippen MR) is 107 cm³/mol. The van der Waals surface area contributed by atoms with Gasteiger partial charge < -0.3 is 14.2 Å². The minimum Gasteiger partial charge on any atom is -0.459 e. The van der Waals surface area contributed by atoms with E-state index < -0.39 is 0 Å². The molecule has 2 heterocycles. The Labute approximate surface area is 164 Å². The Morgan fingerprint density at radius 2 is 1.39 bits per heavy atom. The highest BCUT2D eigenvalue weighted by atomic mass is 16.3. The van der Waals surface area contributed by atoms with Gasteiger partial charge in [-0.3, -0.25) is 9.59 Å². The van der Waals surface area contributed by atoms with Crippen LogP contribution in [0.3, 0.4) is 0 Å². The molecule has 5 heteroatoms. The summed E-state index contributed by atoms with van der Waals surface area (Å²) in [6, 6.07) is 19.1. The molecule has 0 spiro atoms. The summed E-state index contributed by atoms with van der Waals surface area (Å²) in [4.78, 5) is 29.2. The number of hydrogen-bond acceptors (Lipinski definition) is 3. The van der Waals surface area contributed by atoms with Crippen LogP contribution in [0.4, 0.5) is 0 Å². The average molecular weight is 374 g/mol. The van der Waals surface area contributed by atoms with E-state index in [4.69, 9.17) is 4.42 Å². The van der Waals surface area contributed by atoms with Gasteiger partial charge in [-0.2, -0.15) is 0 Å². The second-order valence-corrected chi connectivity index (χ2v) is 6.98. The molecular weight excluding hydrogens is 352 g/mol. The molecule has 3 aromatic rings. The lowest BCUT2D eigenvalue weighted by Crippen LogP contribution is -2.50. The minimum absolute atomic E-state index is 0.00933. The number of aryl methyl sites for hydroxylation is 1. The zero-order valence-electron chi connectivity index (χ0n) is 15.8. The highest BCUT2D eigenvalue weighted by Gasteiger charge is 2.28. The van der Waals surface area contributed by atoms with Gasteiger partial charge in [0.05, 0.1) is 6.26 Å². The summed E-state index contributed by atoms with van der Waals surface area (Å²) >= 11 is 0. The lowest BCUT2D eigenvalue weighted by molar-refractivity contribution is 0.0518. The maximum atomic E-state index is 13.0. The van der Waals surface area contributed by atoms with Gasteiger partial charge in [0.2, 0.25) is 0 Å². The first-order chi connectivity index (χ1) is 13.6. The van der Waals surface area contributed by atoms with E-state index >= 15 is 0 Å². The molecule has 0 radical (unpaired) electrons. The molecule has 142 valence electrons. The number of rotatable bonds is 3. The van der Waals surface area contributed by atoms with Crippen LogP contribution in [0.5, 0.6) is 0 Å². The Kier molecular flexibility index (Phi) is 4.98. The Morgan fingerprint density at radius 3 is 2.04 bits per heavy atom.